The molecule has 0 amide bonds. The first-order chi connectivity index (χ1) is 15.2. The minimum Gasteiger partial charge on any atom is -0.393 e. The van der Waals surface area contributed by atoms with Crippen LogP contribution in [0.3, 0.4) is 0 Å². The van der Waals surface area contributed by atoms with Gasteiger partial charge < -0.3 is 5.11 Å². The Morgan fingerprint density at radius 3 is 2.52 bits per heavy atom. The first-order valence-electron chi connectivity index (χ1n) is 11.3. The third-order valence-electron chi connectivity index (χ3n) is 6.52. The van der Waals surface area contributed by atoms with Gasteiger partial charge in [0.2, 0.25) is 0 Å². The molecule has 4 aromatic rings. The molecule has 1 N–H and O–H groups in total. The van der Waals surface area contributed by atoms with Crippen LogP contribution >= 0.6 is 0 Å². The van der Waals surface area contributed by atoms with Gasteiger partial charge >= 0.3 is 0 Å². The average molecular weight is 420 g/mol. The summed E-state index contributed by atoms with van der Waals surface area (Å²) in [5.41, 5.74) is 4.64. The maximum absolute atomic E-state index is 9.79. The minimum atomic E-state index is -0.168. The quantitative estimate of drug-likeness (QED) is 0.504. The topological polar surface area (TPSA) is 86.1 Å². The van der Waals surface area contributed by atoms with Crippen molar-refractivity contribution in [3.05, 3.63) is 43.2 Å². The van der Waals surface area contributed by atoms with Crippen molar-refractivity contribution in [3.8, 4) is 22.5 Å². The van der Waals surface area contributed by atoms with E-state index in [9.17, 15) is 5.11 Å². The monoisotopic (exact) mass is 419 g/mol. The number of fused-ring (bicyclic) bond motifs is 1. The molecule has 0 saturated heterocycles. The van der Waals surface area contributed by atoms with Gasteiger partial charge in [-0.25, -0.2) is 9.50 Å². The fraction of sp³-hybridized carbons (Fsp3) is 0.478. The van der Waals surface area contributed by atoms with Crippen LogP contribution in [0.2, 0.25) is 0 Å². The zero-order valence-electron chi connectivity index (χ0n) is 18.1. The van der Waals surface area contributed by atoms with Crippen molar-refractivity contribution in [2.75, 3.05) is 0 Å². The average Bonchev–Trinajstić information content (AvgIpc) is 3.55. The van der Waals surface area contributed by atoms with Gasteiger partial charge in [0, 0.05) is 23.5 Å². The molecule has 0 radical (unpaired) electrons. The highest BCUT2D eigenvalue weighted by atomic mass is 16.3. The SMILES string of the molecule is CCC(CC)n1cc(-c2nc(-c3cnn([C@H]4CC[C@@H](O)CC4)c3)cn3nccc23)cn1. The Kier molecular flexibility index (Phi) is 5.31. The second-order valence-corrected chi connectivity index (χ2v) is 8.49. The predicted molar refractivity (Wildman–Crippen MR) is 119 cm³/mol. The Labute approximate surface area is 181 Å². The molecule has 1 saturated carbocycles. The van der Waals surface area contributed by atoms with E-state index in [0.29, 0.717) is 12.1 Å². The van der Waals surface area contributed by atoms with E-state index < -0.39 is 0 Å². The van der Waals surface area contributed by atoms with E-state index in [1.807, 2.05) is 38.5 Å². The summed E-state index contributed by atoms with van der Waals surface area (Å²) in [5.74, 6) is 0. The third kappa shape index (κ3) is 3.76. The Hall–Kier alpha value is -3.00. The Morgan fingerprint density at radius 2 is 1.74 bits per heavy atom. The highest BCUT2D eigenvalue weighted by Gasteiger charge is 2.22. The van der Waals surface area contributed by atoms with E-state index in [2.05, 4.69) is 41.5 Å². The van der Waals surface area contributed by atoms with Crippen molar-refractivity contribution in [2.24, 2.45) is 0 Å². The smallest absolute Gasteiger partial charge is 0.0999 e. The van der Waals surface area contributed by atoms with Crippen molar-refractivity contribution in [2.45, 2.75) is 70.6 Å². The summed E-state index contributed by atoms with van der Waals surface area (Å²) in [5, 5.41) is 23.5. The molecule has 4 aromatic heterocycles. The molecule has 1 aliphatic rings. The molecule has 1 aliphatic carbocycles. The Bertz CT molecular complexity index is 1160. The Balaban J connectivity index is 1.50. The van der Waals surface area contributed by atoms with Gasteiger partial charge in [-0.1, -0.05) is 13.8 Å². The van der Waals surface area contributed by atoms with Crippen LogP contribution in [-0.2, 0) is 0 Å². The molecule has 8 heteroatoms. The molecule has 1 fully saturated rings. The van der Waals surface area contributed by atoms with Gasteiger partial charge in [-0.05, 0) is 44.6 Å². The largest absolute Gasteiger partial charge is 0.393 e. The zero-order valence-corrected chi connectivity index (χ0v) is 18.1. The Morgan fingerprint density at radius 1 is 0.968 bits per heavy atom. The summed E-state index contributed by atoms with van der Waals surface area (Å²) in [6.45, 7) is 4.38. The molecule has 0 aromatic carbocycles. The van der Waals surface area contributed by atoms with Crippen molar-refractivity contribution >= 4 is 5.52 Å². The molecule has 0 aliphatic heterocycles. The van der Waals surface area contributed by atoms with Gasteiger partial charge in [-0.2, -0.15) is 15.3 Å². The number of aromatic nitrogens is 7. The number of nitrogens with zero attached hydrogens (tertiary/aromatic N) is 7. The summed E-state index contributed by atoms with van der Waals surface area (Å²) < 4.78 is 5.95. The van der Waals surface area contributed by atoms with Crippen LogP contribution in [0, 0.1) is 0 Å². The van der Waals surface area contributed by atoms with Crippen LogP contribution in [0.1, 0.15) is 64.5 Å². The van der Waals surface area contributed by atoms with Crippen molar-refractivity contribution in [3.63, 3.8) is 0 Å². The molecule has 5 rings (SSSR count). The summed E-state index contributed by atoms with van der Waals surface area (Å²) in [6.07, 6.45) is 17.2. The molecular formula is C23H29N7O. The van der Waals surface area contributed by atoms with Crippen molar-refractivity contribution in [1.82, 2.24) is 34.2 Å². The highest BCUT2D eigenvalue weighted by Crippen LogP contribution is 2.31. The molecular weight excluding hydrogens is 390 g/mol. The van der Waals surface area contributed by atoms with Crippen LogP contribution < -0.4 is 0 Å². The van der Waals surface area contributed by atoms with E-state index in [0.717, 1.165) is 66.6 Å². The van der Waals surface area contributed by atoms with E-state index in [4.69, 9.17) is 4.98 Å². The van der Waals surface area contributed by atoms with E-state index >= 15 is 0 Å². The van der Waals surface area contributed by atoms with Gasteiger partial charge in [0.25, 0.3) is 0 Å². The zero-order chi connectivity index (χ0) is 21.4. The number of hydrogen-bond donors (Lipinski definition) is 1. The maximum atomic E-state index is 9.79. The van der Waals surface area contributed by atoms with Crippen LogP contribution in [-0.4, -0.2) is 45.4 Å². The minimum absolute atomic E-state index is 0.168. The summed E-state index contributed by atoms with van der Waals surface area (Å²) in [4.78, 5) is 5.00. The van der Waals surface area contributed by atoms with E-state index in [1.165, 1.54) is 0 Å². The highest BCUT2D eigenvalue weighted by molar-refractivity contribution is 5.78. The summed E-state index contributed by atoms with van der Waals surface area (Å²) >= 11 is 0. The molecule has 0 spiro atoms. The van der Waals surface area contributed by atoms with Crippen LogP contribution in [0.4, 0.5) is 0 Å². The van der Waals surface area contributed by atoms with Crippen molar-refractivity contribution < 1.29 is 5.11 Å². The third-order valence-corrected chi connectivity index (χ3v) is 6.52. The lowest BCUT2D eigenvalue weighted by Crippen LogP contribution is -2.21. The van der Waals surface area contributed by atoms with Gasteiger partial charge in [0.1, 0.15) is 0 Å². The van der Waals surface area contributed by atoms with Gasteiger partial charge in [-0.3, -0.25) is 9.36 Å². The molecule has 4 heterocycles. The van der Waals surface area contributed by atoms with E-state index in [-0.39, 0.29) is 6.10 Å². The standard InChI is InChI=1S/C23H29N7O/c1-3-18(4-2)28-14-17(12-26-28)23-22-9-10-24-30(22)15-21(27-23)16-11-25-29(13-16)19-5-7-20(31)8-6-19/h9-15,18-20,31H,3-8H2,1-2H3/t19-,20+. The van der Waals surface area contributed by atoms with Gasteiger partial charge in [0.05, 0.1) is 59.9 Å². The fourth-order valence-corrected chi connectivity index (χ4v) is 4.59. The van der Waals surface area contributed by atoms with Crippen LogP contribution in [0.5, 0.6) is 0 Å². The van der Waals surface area contributed by atoms with Gasteiger partial charge in [-0.15, -0.1) is 0 Å². The van der Waals surface area contributed by atoms with Crippen molar-refractivity contribution in [1.29, 1.82) is 0 Å². The first-order valence-corrected chi connectivity index (χ1v) is 11.3. The number of aliphatic hydroxyl groups is 1. The summed E-state index contributed by atoms with van der Waals surface area (Å²) in [7, 11) is 0. The number of hydrogen-bond acceptors (Lipinski definition) is 5. The molecule has 0 atom stereocenters. The molecule has 162 valence electrons. The van der Waals surface area contributed by atoms with Crippen LogP contribution in [0.15, 0.2) is 43.2 Å². The second kappa shape index (κ2) is 8.26. The van der Waals surface area contributed by atoms with Gasteiger partial charge in [0.15, 0.2) is 0 Å². The predicted octanol–water partition coefficient (Wildman–Crippen LogP) is 4.29. The van der Waals surface area contributed by atoms with E-state index in [1.54, 1.807) is 6.20 Å². The molecule has 8 nitrogen and oxygen atoms in total. The lowest BCUT2D eigenvalue weighted by Gasteiger charge is -2.25. The lowest BCUT2D eigenvalue weighted by atomic mass is 9.93. The van der Waals surface area contributed by atoms with Crippen LogP contribution in [0.25, 0.3) is 28.0 Å². The first kappa shape index (κ1) is 19.9. The number of aliphatic hydroxyl groups excluding tert-OH is 1. The lowest BCUT2D eigenvalue weighted by molar-refractivity contribution is 0.108. The second-order valence-electron chi connectivity index (χ2n) is 8.49. The maximum Gasteiger partial charge on any atom is 0.0999 e. The fourth-order valence-electron chi connectivity index (χ4n) is 4.59. The number of rotatable bonds is 6. The summed E-state index contributed by atoms with van der Waals surface area (Å²) in [6, 6.07) is 2.71. The normalized spacial score (nSPS) is 19.5. The molecule has 0 bridgehead atoms. The molecule has 31 heavy (non-hydrogen) atoms. The molecule has 0 unspecified atom stereocenters.